The van der Waals surface area contributed by atoms with E-state index in [-0.39, 0.29) is 5.54 Å². The molecule has 0 aromatic heterocycles. The fraction of sp³-hybridized carbons (Fsp3) is 0.846. The van der Waals surface area contributed by atoms with Gasteiger partial charge >= 0.3 is 0 Å². The largest absolute Gasteiger partial charge is 0.483 e. The van der Waals surface area contributed by atoms with Crippen LogP contribution in [-0.2, 0) is 4.74 Å². The lowest BCUT2D eigenvalue weighted by Gasteiger charge is -2.46. The zero-order chi connectivity index (χ0) is 12.3. The molecule has 1 heterocycles. The van der Waals surface area contributed by atoms with Gasteiger partial charge in [0.05, 0.1) is 7.11 Å². The van der Waals surface area contributed by atoms with Gasteiger partial charge in [0.2, 0.25) is 0 Å². The Bertz CT molecular complexity index is 240. The summed E-state index contributed by atoms with van der Waals surface area (Å²) in [5.41, 5.74) is 0.278. The van der Waals surface area contributed by atoms with Crippen LogP contribution in [0.3, 0.4) is 0 Å². The first kappa shape index (κ1) is 13.4. The summed E-state index contributed by atoms with van der Waals surface area (Å²) in [7, 11) is 1.69. The Hall–Kier alpha value is -0.700. The molecule has 3 nitrogen and oxygen atoms in total. The number of methoxy groups -OCH3 is 1. The number of piperazine rings is 1. The molecule has 0 saturated carbocycles. The average molecular weight is 226 g/mol. The monoisotopic (exact) mass is 226 g/mol. The first-order chi connectivity index (χ1) is 7.39. The highest BCUT2D eigenvalue weighted by Gasteiger charge is 2.32. The summed E-state index contributed by atoms with van der Waals surface area (Å²) in [6, 6.07) is 0. The maximum absolute atomic E-state index is 5.17. The lowest BCUT2D eigenvalue weighted by atomic mass is 9.88. The van der Waals surface area contributed by atoms with Gasteiger partial charge in [-0.25, -0.2) is 0 Å². The third kappa shape index (κ3) is 2.70. The number of hydrogen-bond donors (Lipinski definition) is 0. The van der Waals surface area contributed by atoms with Crippen LogP contribution in [0.4, 0.5) is 0 Å². The molecule has 0 atom stereocenters. The summed E-state index contributed by atoms with van der Waals surface area (Å²) in [6.07, 6.45) is 0. The molecule has 0 unspecified atom stereocenters. The van der Waals surface area contributed by atoms with Crippen molar-refractivity contribution in [1.29, 1.82) is 0 Å². The highest BCUT2D eigenvalue weighted by molar-refractivity contribution is 4.92. The molecule has 0 N–H and O–H groups in total. The molecule has 0 spiro atoms. The summed E-state index contributed by atoms with van der Waals surface area (Å²) in [4.78, 5) is 4.78. The molecule has 1 aliphatic rings. The number of nitrogens with zero attached hydrogens (tertiary/aromatic N) is 2. The quantitative estimate of drug-likeness (QED) is 0.683. The lowest BCUT2D eigenvalue weighted by molar-refractivity contribution is 0.0172. The van der Waals surface area contributed by atoms with E-state index in [0.717, 1.165) is 32.1 Å². The van der Waals surface area contributed by atoms with Gasteiger partial charge in [-0.3, -0.25) is 4.90 Å². The van der Waals surface area contributed by atoms with Crippen molar-refractivity contribution in [2.45, 2.75) is 33.2 Å². The lowest BCUT2D eigenvalue weighted by Crippen LogP contribution is -2.56. The van der Waals surface area contributed by atoms with Crippen molar-refractivity contribution in [2.75, 3.05) is 33.3 Å². The van der Waals surface area contributed by atoms with Crippen molar-refractivity contribution in [3.05, 3.63) is 12.5 Å². The van der Waals surface area contributed by atoms with E-state index in [1.54, 1.807) is 7.11 Å². The molecule has 1 saturated heterocycles. The molecule has 1 aliphatic heterocycles. The Balaban J connectivity index is 2.52. The first-order valence-electron chi connectivity index (χ1n) is 6.12. The molecule has 1 rings (SSSR count). The first-order valence-corrected chi connectivity index (χ1v) is 6.12. The van der Waals surface area contributed by atoms with Crippen LogP contribution in [0.5, 0.6) is 0 Å². The Labute approximate surface area is 100 Å². The van der Waals surface area contributed by atoms with Crippen molar-refractivity contribution in [1.82, 2.24) is 9.80 Å². The van der Waals surface area contributed by atoms with Crippen molar-refractivity contribution in [3.63, 3.8) is 0 Å². The standard InChI is InChI=1S/C13H26N2O/c1-11(2)13(4,5)15-9-7-14(8-10-15)12(3)16-6/h11H,3,7-10H2,1-2,4-6H3. The van der Waals surface area contributed by atoms with Gasteiger partial charge in [0, 0.05) is 31.7 Å². The zero-order valence-electron chi connectivity index (χ0n) is 11.4. The second-order valence-electron chi connectivity index (χ2n) is 5.38. The number of rotatable bonds is 4. The second kappa shape index (κ2) is 5.09. The fourth-order valence-electron chi connectivity index (χ4n) is 2.03. The smallest absolute Gasteiger partial charge is 0.181 e. The molecule has 0 radical (unpaired) electrons. The van der Waals surface area contributed by atoms with Crippen LogP contribution in [0.1, 0.15) is 27.7 Å². The number of hydrogen-bond acceptors (Lipinski definition) is 3. The van der Waals surface area contributed by atoms with E-state index in [1.165, 1.54) is 0 Å². The number of ether oxygens (including phenoxy) is 1. The highest BCUT2D eigenvalue weighted by atomic mass is 16.5. The van der Waals surface area contributed by atoms with Gasteiger partial charge < -0.3 is 9.64 Å². The summed E-state index contributed by atoms with van der Waals surface area (Å²) in [5.74, 6) is 1.46. The van der Waals surface area contributed by atoms with E-state index in [1.807, 2.05) is 0 Å². The molecule has 94 valence electrons. The van der Waals surface area contributed by atoms with E-state index < -0.39 is 0 Å². The molecule has 3 heteroatoms. The molecule has 0 aromatic carbocycles. The van der Waals surface area contributed by atoms with Crippen LogP contribution >= 0.6 is 0 Å². The minimum absolute atomic E-state index is 0.278. The molecule has 0 aliphatic carbocycles. The summed E-state index contributed by atoms with van der Waals surface area (Å²) in [6.45, 7) is 17.4. The van der Waals surface area contributed by atoms with E-state index in [2.05, 4.69) is 44.1 Å². The van der Waals surface area contributed by atoms with Crippen molar-refractivity contribution >= 4 is 0 Å². The molecular formula is C13H26N2O. The van der Waals surface area contributed by atoms with Crippen LogP contribution in [0, 0.1) is 5.92 Å². The molecular weight excluding hydrogens is 200 g/mol. The average Bonchev–Trinajstić information content (AvgIpc) is 2.28. The molecule has 1 fully saturated rings. The Morgan fingerprint density at radius 1 is 1.19 bits per heavy atom. The van der Waals surface area contributed by atoms with Crippen molar-refractivity contribution in [2.24, 2.45) is 5.92 Å². The zero-order valence-corrected chi connectivity index (χ0v) is 11.4. The van der Waals surface area contributed by atoms with Crippen LogP contribution in [-0.4, -0.2) is 48.6 Å². The van der Waals surface area contributed by atoms with Crippen molar-refractivity contribution in [3.8, 4) is 0 Å². The fourth-order valence-corrected chi connectivity index (χ4v) is 2.03. The van der Waals surface area contributed by atoms with Crippen LogP contribution < -0.4 is 0 Å². The third-order valence-electron chi connectivity index (χ3n) is 4.10. The van der Waals surface area contributed by atoms with Gasteiger partial charge in [0.1, 0.15) is 0 Å². The maximum Gasteiger partial charge on any atom is 0.181 e. The van der Waals surface area contributed by atoms with E-state index in [0.29, 0.717) is 5.92 Å². The van der Waals surface area contributed by atoms with Gasteiger partial charge in [-0.15, -0.1) is 0 Å². The maximum atomic E-state index is 5.17. The van der Waals surface area contributed by atoms with Gasteiger partial charge in [0.15, 0.2) is 5.88 Å². The van der Waals surface area contributed by atoms with Crippen molar-refractivity contribution < 1.29 is 4.74 Å². The summed E-state index contributed by atoms with van der Waals surface area (Å²) >= 11 is 0. The second-order valence-corrected chi connectivity index (χ2v) is 5.38. The van der Waals surface area contributed by atoms with Crippen LogP contribution in [0.25, 0.3) is 0 Å². The van der Waals surface area contributed by atoms with Crippen LogP contribution in [0.15, 0.2) is 12.5 Å². The van der Waals surface area contributed by atoms with Gasteiger partial charge in [-0.05, 0) is 26.3 Å². The van der Waals surface area contributed by atoms with Gasteiger partial charge in [-0.1, -0.05) is 13.8 Å². The molecule has 0 bridgehead atoms. The predicted molar refractivity (Wildman–Crippen MR) is 68.2 cm³/mol. The predicted octanol–water partition coefficient (Wildman–Crippen LogP) is 2.16. The summed E-state index contributed by atoms with van der Waals surface area (Å²) in [5, 5.41) is 0. The van der Waals surface area contributed by atoms with Gasteiger partial charge in [0.25, 0.3) is 0 Å². The SMILES string of the molecule is C=C(OC)N1CCN(C(C)(C)C(C)C)CC1. The Kier molecular flexibility index (Phi) is 4.25. The minimum atomic E-state index is 0.278. The minimum Gasteiger partial charge on any atom is -0.483 e. The molecule has 0 aromatic rings. The molecule has 16 heavy (non-hydrogen) atoms. The van der Waals surface area contributed by atoms with E-state index in [4.69, 9.17) is 4.74 Å². The van der Waals surface area contributed by atoms with E-state index in [9.17, 15) is 0 Å². The summed E-state index contributed by atoms with van der Waals surface area (Å²) < 4.78 is 5.17. The van der Waals surface area contributed by atoms with Gasteiger partial charge in [-0.2, -0.15) is 0 Å². The highest BCUT2D eigenvalue weighted by Crippen LogP contribution is 2.25. The third-order valence-corrected chi connectivity index (χ3v) is 4.10. The van der Waals surface area contributed by atoms with Crippen LogP contribution in [0.2, 0.25) is 0 Å². The van der Waals surface area contributed by atoms with E-state index >= 15 is 0 Å². The Morgan fingerprint density at radius 2 is 1.69 bits per heavy atom. The normalized spacial score (nSPS) is 19.0. The Morgan fingerprint density at radius 3 is 2.06 bits per heavy atom. The molecule has 0 amide bonds. The topological polar surface area (TPSA) is 15.7 Å².